The second-order valence-electron chi connectivity index (χ2n) is 8.24. The van der Waals surface area contributed by atoms with Crippen molar-refractivity contribution in [2.24, 2.45) is 0 Å². The Kier molecular flexibility index (Phi) is 7.25. The van der Waals surface area contributed by atoms with E-state index in [4.69, 9.17) is 20.9 Å². The van der Waals surface area contributed by atoms with Gasteiger partial charge in [0.2, 0.25) is 17.6 Å². The molecule has 1 N–H and O–H groups in total. The first-order valence-electron chi connectivity index (χ1n) is 10.9. The Balaban J connectivity index is 1.27. The third-order valence-electron chi connectivity index (χ3n) is 5.40. The average Bonchev–Trinajstić information content (AvgIpc) is 3.25. The van der Waals surface area contributed by atoms with Gasteiger partial charge < -0.3 is 19.5 Å². The van der Waals surface area contributed by atoms with Gasteiger partial charge in [-0.15, -0.1) is 0 Å². The summed E-state index contributed by atoms with van der Waals surface area (Å²) in [7, 11) is 0. The fourth-order valence-electron chi connectivity index (χ4n) is 3.87. The minimum atomic E-state index is -0.302. The average molecular weight is 473 g/mol. The molecule has 1 aromatic heterocycles. The van der Waals surface area contributed by atoms with Crippen molar-refractivity contribution in [3.8, 4) is 11.4 Å². The number of hydrogen-bond acceptors (Lipinski definition) is 6. The molecule has 4 rings (SSSR count). The van der Waals surface area contributed by atoms with Crippen molar-refractivity contribution in [2.75, 3.05) is 18.0 Å². The van der Waals surface area contributed by atoms with Crippen molar-refractivity contribution >= 4 is 23.2 Å². The first-order valence-corrected chi connectivity index (χ1v) is 11.3. The number of carbonyl (C=O) groups is 1. The molecule has 2 unspecified atom stereocenters. The van der Waals surface area contributed by atoms with Crippen LogP contribution in [0.4, 0.5) is 10.1 Å². The minimum absolute atomic E-state index is 0.0493. The molecular weight excluding hydrogens is 447 g/mol. The first-order chi connectivity index (χ1) is 15.9. The highest BCUT2D eigenvalue weighted by atomic mass is 35.5. The molecule has 1 amide bonds. The van der Waals surface area contributed by atoms with Crippen LogP contribution in [-0.2, 0) is 22.5 Å². The highest BCUT2D eigenvalue weighted by Crippen LogP contribution is 2.24. The Morgan fingerprint density at radius 3 is 2.61 bits per heavy atom. The van der Waals surface area contributed by atoms with Crippen molar-refractivity contribution in [1.29, 1.82) is 0 Å². The van der Waals surface area contributed by atoms with E-state index in [1.807, 2.05) is 24.8 Å². The summed E-state index contributed by atoms with van der Waals surface area (Å²) >= 11 is 5.89. The van der Waals surface area contributed by atoms with Gasteiger partial charge in [0.15, 0.2) is 0 Å². The number of carbonyl (C=O) groups excluding carboxylic acids is 1. The van der Waals surface area contributed by atoms with Crippen molar-refractivity contribution in [3.05, 3.63) is 64.8 Å². The molecule has 2 heterocycles. The Hall–Kier alpha value is -2.97. The Morgan fingerprint density at radius 2 is 1.91 bits per heavy atom. The normalized spacial score (nSPS) is 18.4. The summed E-state index contributed by atoms with van der Waals surface area (Å²) in [4.78, 5) is 18.6. The van der Waals surface area contributed by atoms with Crippen molar-refractivity contribution in [2.45, 2.75) is 45.4 Å². The fraction of sp³-hybridized carbons (Fsp3) is 0.375. The van der Waals surface area contributed by atoms with E-state index >= 15 is 0 Å². The predicted molar refractivity (Wildman–Crippen MR) is 124 cm³/mol. The third-order valence-corrected chi connectivity index (χ3v) is 5.65. The van der Waals surface area contributed by atoms with Crippen LogP contribution in [-0.4, -0.2) is 41.3 Å². The number of amides is 1. The van der Waals surface area contributed by atoms with E-state index in [9.17, 15) is 9.18 Å². The standard InChI is InChI=1S/C24H26ClFN4O3/c1-15-13-30(14-16(2)32-15)21-8-3-17(11-20(21)26)12-27-22(31)9-10-23-28-24(29-33-23)18-4-6-19(25)7-5-18/h3-8,11,15-16H,9-10,12-14H2,1-2H3,(H,27,31). The second kappa shape index (κ2) is 10.3. The van der Waals surface area contributed by atoms with Gasteiger partial charge in [-0.2, -0.15) is 4.98 Å². The number of aromatic nitrogens is 2. The zero-order valence-corrected chi connectivity index (χ0v) is 19.3. The largest absolute Gasteiger partial charge is 0.372 e. The van der Waals surface area contributed by atoms with E-state index in [2.05, 4.69) is 15.5 Å². The summed E-state index contributed by atoms with van der Waals surface area (Å²) in [5, 5.41) is 7.37. The zero-order chi connectivity index (χ0) is 23.4. The molecule has 0 bridgehead atoms. The number of nitrogens with zero attached hydrogens (tertiary/aromatic N) is 3. The van der Waals surface area contributed by atoms with E-state index in [0.717, 1.165) is 5.56 Å². The van der Waals surface area contributed by atoms with Crippen molar-refractivity contribution < 1.29 is 18.4 Å². The highest BCUT2D eigenvalue weighted by Gasteiger charge is 2.24. The van der Waals surface area contributed by atoms with E-state index in [0.29, 0.717) is 47.5 Å². The summed E-state index contributed by atoms with van der Waals surface area (Å²) in [6.45, 7) is 5.50. The smallest absolute Gasteiger partial charge is 0.227 e. The topological polar surface area (TPSA) is 80.5 Å². The van der Waals surface area contributed by atoms with Crippen LogP contribution in [0.3, 0.4) is 0 Å². The van der Waals surface area contributed by atoms with Gasteiger partial charge in [0.05, 0.1) is 17.9 Å². The van der Waals surface area contributed by atoms with Crippen molar-refractivity contribution in [1.82, 2.24) is 15.5 Å². The van der Waals surface area contributed by atoms with Gasteiger partial charge in [-0.3, -0.25) is 4.79 Å². The van der Waals surface area contributed by atoms with Crippen LogP contribution in [0.1, 0.15) is 31.7 Å². The van der Waals surface area contributed by atoms with Gasteiger partial charge in [-0.25, -0.2) is 4.39 Å². The lowest BCUT2D eigenvalue weighted by atomic mass is 10.1. The van der Waals surface area contributed by atoms with Gasteiger partial charge >= 0.3 is 0 Å². The van der Waals surface area contributed by atoms with Gasteiger partial charge in [-0.05, 0) is 55.8 Å². The van der Waals surface area contributed by atoms with Crippen LogP contribution in [0.2, 0.25) is 5.02 Å². The summed E-state index contributed by atoms with van der Waals surface area (Å²) < 4.78 is 25.7. The summed E-state index contributed by atoms with van der Waals surface area (Å²) in [6.07, 6.45) is 0.598. The molecule has 0 radical (unpaired) electrons. The molecule has 1 fully saturated rings. The number of ether oxygens (including phenoxy) is 1. The SMILES string of the molecule is CC1CN(c2ccc(CNC(=O)CCc3nc(-c4ccc(Cl)cc4)no3)cc2F)CC(C)O1. The molecule has 33 heavy (non-hydrogen) atoms. The number of halogens is 2. The van der Waals surface area contributed by atoms with E-state index in [1.54, 1.807) is 30.3 Å². The minimum Gasteiger partial charge on any atom is -0.372 e. The van der Waals surface area contributed by atoms with Gasteiger partial charge in [0, 0.05) is 43.1 Å². The molecule has 1 aliphatic heterocycles. The fourth-order valence-corrected chi connectivity index (χ4v) is 4.00. The molecule has 174 valence electrons. The molecule has 0 saturated carbocycles. The number of anilines is 1. The number of hydrogen-bond donors (Lipinski definition) is 1. The van der Waals surface area contributed by atoms with Crippen LogP contribution >= 0.6 is 11.6 Å². The van der Waals surface area contributed by atoms with E-state index < -0.39 is 0 Å². The van der Waals surface area contributed by atoms with Crippen molar-refractivity contribution in [3.63, 3.8) is 0 Å². The van der Waals surface area contributed by atoms with E-state index in [1.165, 1.54) is 6.07 Å². The Morgan fingerprint density at radius 1 is 1.18 bits per heavy atom. The quantitative estimate of drug-likeness (QED) is 0.549. The summed E-state index contributed by atoms with van der Waals surface area (Å²) in [5.74, 6) is 0.339. The molecule has 2 aromatic carbocycles. The molecule has 9 heteroatoms. The number of aryl methyl sites for hydroxylation is 1. The molecule has 0 spiro atoms. The molecular formula is C24H26ClFN4O3. The molecule has 7 nitrogen and oxygen atoms in total. The predicted octanol–water partition coefficient (Wildman–Crippen LogP) is 4.39. The molecule has 0 aliphatic carbocycles. The van der Waals surface area contributed by atoms with Gasteiger partial charge in [-0.1, -0.05) is 22.8 Å². The monoisotopic (exact) mass is 472 g/mol. The number of rotatable bonds is 7. The maximum atomic E-state index is 14.7. The molecule has 3 aromatic rings. The van der Waals surface area contributed by atoms with Crippen LogP contribution in [0.15, 0.2) is 47.0 Å². The highest BCUT2D eigenvalue weighted by molar-refractivity contribution is 6.30. The maximum Gasteiger partial charge on any atom is 0.227 e. The van der Waals surface area contributed by atoms with Crippen LogP contribution in [0.5, 0.6) is 0 Å². The number of benzene rings is 2. The lowest BCUT2D eigenvalue weighted by Gasteiger charge is -2.37. The van der Waals surface area contributed by atoms with Crippen LogP contribution in [0, 0.1) is 5.82 Å². The first kappa shape index (κ1) is 23.2. The van der Waals surface area contributed by atoms with Crippen LogP contribution in [0.25, 0.3) is 11.4 Å². The van der Waals surface area contributed by atoms with Crippen LogP contribution < -0.4 is 10.2 Å². The van der Waals surface area contributed by atoms with Gasteiger partial charge in [0.25, 0.3) is 0 Å². The maximum absolute atomic E-state index is 14.7. The zero-order valence-electron chi connectivity index (χ0n) is 18.6. The Labute approximate surface area is 196 Å². The van der Waals surface area contributed by atoms with E-state index in [-0.39, 0.29) is 36.9 Å². The third kappa shape index (κ3) is 6.09. The van der Waals surface area contributed by atoms with Gasteiger partial charge in [0.1, 0.15) is 5.82 Å². The molecule has 2 atom stereocenters. The lowest BCUT2D eigenvalue weighted by molar-refractivity contribution is -0.121. The summed E-state index contributed by atoms with van der Waals surface area (Å²) in [6, 6.07) is 12.2. The molecule has 1 saturated heterocycles. The Bertz CT molecular complexity index is 1100. The molecule has 1 aliphatic rings. The number of nitrogens with one attached hydrogen (secondary N) is 1. The second-order valence-corrected chi connectivity index (χ2v) is 8.68. The number of morpholine rings is 1. The summed E-state index contributed by atoms with van der Waals surface area (Å²) in [5.41, 5.74) is 2.03. The lowest BCUT2D eigenvalue weighted by Crippen LogP contribution is -2.45.